The maximum absolute atomic E-state index is 12.4. The van der Waals surface area contributed by atoms with E-state index in [0.717, 1.165) is 11.3 Å². The van der Waals surface area contributed by atoms with Crippen molar-refractivity contribution in [3.8, 4) is 17.2 Å². The zero-order chi connectivity index (χ0) is 17.7. The van der Waals surface area contributed by atoms with E-state index in [2.05, 4.69) is 10.1 Å². The van der Waals surface area contributed by atoms with Gasteiger partial charge in [-0.3, -0.25) is 4.79 Å². The van der Waals surface area contributed by atoms with Crippen LogP contribution < -0.4 is 19.5 Å². The molecular formula is C16H17NO6S. The third-order valence-electron chi connectivity index (χ3n) is 3.16. The number of thiophene rings is 1. The second-order valence-electron chi connectivity index (χ2n) is 4.52. The summed E-state index contributed by atoms with van der Waals surface area (Å²) in [6, 6.07) is 6.31. The minimum Gasteiger partial charge on any atom is -0.493 e. The number of rotatable bonds is 6. The van der Waals surface area contributed by atoms with Crippen LogP contribution in [0.25, 0.3) is 0 Å². The number of hydrogen-bond donors (Lipinski definition) is 1. The van der Waals surface area contributed by atoms with Gasteiger partial charge in [0.25, 0.3) is 5.91 Å². The fourth-order valence-corrected chi connectivity index (χ4v) is 2.83. The van der Waals surface area contributed by atoms with Crippen LogP contribution in [0.5, 0.6) is 17.2 Å². The Morgan fingerprint density at radius 1 is 0.958 bits per heavy atom. The van der Waals surface area contributed by atoms with Crippen molar-refractivity contribution in [3.05, 3.63) is 34.7 Å². The lowest BCUT2D eigenvalue weighted by atomic mass is 10.1. The highest BCUT2D eigenvalue weighted by Crippen LogP contribution is 2.38. The van der Waals surface area contributed by atoms with Crippen LogP contribution >= 0.6 is 11.3 Å². The van der Waals surface area contributed by atoms with Gasteiger partial charge in [0.1, 0.15) is 4.88 Å². The molecule has 0 aliphatic rings. The van der Waals surface area contributed by atoms with Crippen molar-refractivity contribution in [2.24, 2.45) is 0 Å². The Bertz CT molecular complexity index is 730. The molecule has 8 heteroatoms. The Morgan fingerprint density at radius 3 is 2.08 bits per heavy atom. The second-order valence-corrected chi connectivity index (χ2v) is 5.61. The molecular weight excluding hydrogens is 334 g/mol. The first-order valence-corrected chi connectivity index (χ1v) is 7.65. The van der Waals surface area contributed by atoms with Gasteiger partial charge >= 0.3 is 5.97 Å². The van der Waals surface area contributed by atoms with Gasteiger partial charge in [-0.2, -0.15) is 0 Å². The van der Waals surface area contributed by atoms with Crippen molar-refractivity contribution in [1.82, 2.24) is 0 Å². The highest BCUT2D eigenvalue weighted by atomic mass is 32.1. The van der Waals surface area contributed by atoms with E-state index in [-0.39, 0.29) is 5.91 Å². The van der Waals surface area contributed by atoms with Gasteiger partial charge in [0, 0.05) is 5.56 Å². The summed E-state index contributed by atoms with van der Waals surface area (Å²) in [7, 11) is 5.73. The minimum absolute atomic E-state index is 0.331. The van der Waals surface area contributed by atoms with Crippen molar-refractivity contribution in [2.75, 3.05) is 33.8 Å². The maximum Gasteiger partial charge on any atom is 0.348 e. The molecule has 2 rings (SSSR count). The SMILES string of the molecule is COC(=O)c1ccc(NC(=O)c2cc(OC)c(OC)c(OC)c2)s1. The fraction of sp³-hybridized carbons (Fsp3) is 0.250. The molecule has 0 fully saturated rings. The van der Waals surface area contributed by atoms with Crippen LogP contribution in [-0.4, -0.2) is 40.3 Å². The molecule has 2 aromatic rings. The molecule has 0 atom stereocenters. The van der Waals surface area contributed by atoms with E-state index in [0.29, 0.717) is 32.7 Å². The summed E-state index contributed by atoms with van der Waals surface area (Å²) < 4.78 is 20.3. The lowest BCUT2D eigenvalue weighted by Crippen LogP contribution is -2.11. The number of nitrogens with one attached hydrogen (secondary N) is 1. The number of ether oxygens (including phenoxy) is 4. The first kappa shape index (κ1) is 17.6. The van der Waals surface area contributed by atoms with Gasteiger partial charge in [-0.25, -0.2) is 4.79 Å². The van der Waals surface area contributed by atoms with Gasteiger partial charge in [0.15, 0.2) is 11.5 Å². The highest BCUT2D eigenvalue weighted by Gasteiger charge is 2.18. The lowest BCUT2D eigenvalue weighted by Gasteiger charge is -2.13. The fourth-order valence-electron chi connectivity index (χ4n) is 2.01. The molecule has 1 amide bonds. The van der Waals surface area contributed by atoms with Gasteiger partial charge in [-0.05, 0) is 24.3 Å². The van der Waals surface area contributed by atoms with E-state index in [4.69, 9.17) is 14.2 Å². The van der Waals surface area contributed by atoms with Gasteiger partial charge in [0.05, 0.1) is 33.4 Å². The predicted molar refractivity (Wildman–Crippen MR) is 89.7 cm³/mol. The number of amides is 1. The van der Waals surface area contributed by atoms with E-state index in [1.54, 1.807) is 24.3 Å². The molecule has 1 aromatic heterocycles. The Hall–Kier alpha value is -2.74. The molecule has 0 aliphatic carbocycles. The molecule has 1 N–H and O–H groups in total. The van der Waals surface area contributed by atoms with Crippen molar-refractivity contribution < 1.29 is 28.5 Å². The molecule has 128 valence electrons. The van der Waals surface area contributed by atoms with Crippen molar-refractivity contribution in [2.45, 2.75) is 0 Å². The molecule has 0 spiro atoms. The summed E-state index contributed by atoms with van der Waals surface area (Å²) >= 11 is 1.12. The van der Waals surface area contributed by atoms with Gasteiger partial charge in [-0.15, -0.1) is 11.3 Å². The van der Waals surface area contributed by atoms with E-state index in [1.807, 2.05) is 0 Å². The van der Waals surface area contributed by atoms with Gasteiger partial charge in [0.2, 0.25) is 5.75 Å². The molecule has 0 radical (unpaired) electrons. The Morgan fingerprint density at radius 2 is 1.58 bits per heavy atom. The van der Waals surface area contributed by atoms with Crippen LogP contribution in [0.1, 0.15) is 20.0 Å². The summed E-state index contributed by atoms with van der Waals surface area (Å²) in [5.41, 5.74) is 0.331. The average Bonchev–Trinajstić information content (AvgIpc) is 3.07. The van der Waals surface area contributed by atoms with Crippen molar-refractivity contribution in [1.29, 1.82) is 0 Å². The van der Waals surface area contributed by atoms with E-state index < -0.39 is 5.97 Å². The number of benzene rings is 1. The van der Waals surface area contributed by atoms with Crippen molar-refractivity contribution >= 4 is 28.2 Å². The molecule has 0 saturated carbocycles. The monoisotopic (exact) mass is 351 g/mol. The van der Waals surface area contributed by atoms with Gasteiger partial charge in [-0.1, -0.05) is 0 Å². The Balaban J connectivity index is 2.26. The summed E-state index contributed by atoms with van der Waals surface area (Å²) in [6.07, 6.45) is 0. The Kier molecular flexibility index (Phi) is 5.64. The van der Waals surface area contributed by atoms with Crippen LogP contribution in [0.15, 0.2) is 24.3 Å². The molecule has 0 aliphatic heterocycles. The predicted octanol–water partition coefficient (Wildman–Crippen LogP) is 2.81. The van der Waals surface area contributed by atoms with E-state index >= 15 is 0 Å². The second kappa shape index (κ2) is 7.69. The number of carbonyl (C=O) groups excluding carboxylic acids is 2. The summed E-state index contributed by atoms with van der Waals surface area (Å²) in [5.74, 6) is 0.341. The largest absolute Gasteiger partial charge is 0.493 e. The zero-order valence-electron chi connectivity index (χ0n) is 13.7. The first-order valence-electron chi connectivity index (χ1n) is 6.83. The number of carbonyl (C=O) groups is 2. The van der Waals surface area contributed by atoms with Crippen LogP contribution in [0.4, 0.5) is 5.00 Å². The third-order valence-corrected chi connectivity index (χ3v) is 4.14. The standard InChI is InChI=1S/C16H17NO6S/c1-20-10-7-9(8-11(21-2)14(10)22-3)15(18)17-13-6-5-12(24-13)16(19)23-4/h5-8H,1-4H3,(H,17,18). The number of hydrogen-bond acceptors (Lipinski definition) is 7. The maximum atomic E-state index is 12.4. The topological polar surface area (TPSA) is 83.1 Å². The van der Waals surface area contributed by atoms with Gasteiger partial charge < -0.3 is 24.3 Å². The number of methoxy groups -OCH3 is 4. The Labute approximate surface area is 143 Å². The van der Waals surface area contributed by atoms with Crippen molar-refractivity contribution in [3.63, 3.8) is 0 Å². The third kappa shape index (κ3) is 3.60. The minimum atomic E-state index is -0.451. The van der Waals surface area contributed by atoms with Crippen LogP contribution in [0.2, 0.25) is 0 Å². The molecule has 1 heterocycles. The zero-order valence-corrected chi connectivity index (χ0v) is 14.5. The molecule has 24 heavy (non-hydrogen) atoms. The normalized spacial score (nSPS) is 10.0. The molecule has 0 unspecified atom stereocenters. The number of esters is 1. The summed E-state index contributed by atoms with van der Waals surface area (Å²) in [4.78, 5) is 24.3. The highest BCUT2D eigenvalue weighted by molar-refractivity contribution is 7.18. The molecule has 0 bridgehead atoms. The molecule has 0 saturated heterocycles. The van der Waals surface area contributed by atoms with Crippen LogP contribution in [0, 0.1) is 0 Å². The molecule has 1 aromatic carbocycles. The summed E-state index contributed by atoms with van der Waals surface area (Å²) in [5, 5.41) is 3.24. The first-order chi connectivity index (χ1) is 11.5. The van der Waals surface area contributed by atoms with Crippen LogP contribution in [0.3, 0.4) is 0 Å². The van der Waals surface area contributed by atoms with E-state index in [9.17, 15) is 9.59 Å². The number of anilines is 1. The smallest absolute Gasteiger partial charge is 0.348 e. The van der Waals surface area contributed by atoms with Crippen LogP contribution in [-0.2, 0) is 4.74 Å². The quantitative estimate of drug-likeness (QED) is 0.806. The van der Waals surface area contributed by atoms with E-state index in [1.165, 1.54) is 28.4 Å². The summed E-state index contributed by atoms with van der Waals surface area (Å²) in [6.45, 7) is 0. The molecule has 7 nitrogen and oxygen atoms in total. The average molecular weight is 351 g/mol. The lowest BCUT2D eigenvalue weighted by molar-refractivity contribution is 0.0606.